The third-order valence-corrected chi connectivity index (χ3v) is 5.13. The number of halogens is 2. The largest absolute Gasteiger partial charge is 0.465 e. The quantitative estimate of drug-likeness (QED) is 0.731. The lowest BCUT2D eigenvalue weighted by molar-refractivity contribution is -0.141. The molecule has 2 rings (SSSR count). The molecular weight excluding hydrogens is 357 g/mol. The molecule has 128 valence electrons. The van der Waals surface area contributed by atoms with Crippen molar-refractivity contribution in [2.45, 2.75) is 11.8 Å². The number of esters is 1. The van der Waals surface area contributed by atoms with Gasteiger partial charge in [0.2, 0.25) is 0 Å². The Labute approximate surface area is 144 Å². The second-order valence-corrected chi connectivity index (χ2v) is 7.05. The maximum absolute atomic E-state index is 13.1. The topological polar surface area (TPSA) is 63.7 Å². The molecule has 0 saturated heterocycles. The van der Waals surface area contributed by atoms with E-state index < -0.39 is 28.4 Å². The van der Waals surface area contributed by atoms with Crippen molar-refractivity contribution in [1.82, 2.24) is 0 Å². The molecule has 0 unspecified atom stereocenters. The number of hydrogen-bond acceptors (Lipinski definition) is 4. The van der Waals surface area contributed by atoms with Crippen molar-refractivity contribution in [3.63, 3.8) is 0 Å². The number of rotatable bonds is 6. The van der Waals surface area contributed by atoms with Gasteiger partial charge in [0.1, 0.15) is 12.4 Å². The monoisotopic (exact) mass is 371 g/mol. The minimum Gasteiger partial charge on any atom is -0.465 e. The number of nitrogens with zero attached hydrogens (tertiary/aromatic N) is 1. The van der Waals surface area contributed by atoms with Crippen LogP contribution in [0, 0.1) is 5.82 Å². The van der Waals surface area contributed by atoms with Gasteiger partial charge in [-0.05, 0) is 55.5 Å². The average Bonchev–Trinajstić information content (AvgIpc) is 2.54. The molecule has 0 aliphatic heterocycles. The zero-order valence-corrected chi connectivity index (χ0v) is 14.3. The molecule has 0 saturated carbocycles. The molecule has 0 N–H and O–H groups in total. The molecule has 0 aromatic heterocycles. The first-order valence-electron chi connectivity index (χ1n) is 7.04. The van der Waals surface area contributed by atoms with E-state index in [1.54, 1.807) is 6.92 Å². The zero-order chi connectivity index (χ0) is 17.7. The highest BCUT2D eigenvalue weighted by molar-refractivity contribution is 7.92. The molecule has 2 aromatic carbocycles. The third-order valence-electron chi connectivity index (χ3n) is 3.09. The predicted octanol–water partition coefficient (Wildman–Crippen LogP) is 3.24. The Hall–Kier alpha value is -2.12. The van der Waals surface area contributed by atoms with E-state index in [9.17, 15) is 17.6 Å². The summed E-state index contributed by atoms with van der Waals surface area (Å²) in [4.78, 5) is 11.7. The van der Waals surface area contributed by atoms with Gasteiger partial charge in [0.25, 0.3) is 10.0 Å². The smallest absolute Gasteiger partial charge is 0.326 e. The van der Waals surface area contributed by atoms with Crippen molar-refractivity contribution >= 4 is 33.3 Å². The normalized spacial score (nSPS) is 11.1. The van der Waals surface area contributed by atoms with Crippen molar-refractivity contribution in [3.8, 4) is 0 Å². The van der Waals surface area contributed by atoms with Crippen LogP contribution in [0.5, 0.6) is 0 Å². The molecular formula is C16H15ClFNO4S. The van der Waals surface area contributed by atoms with Crippen LogP contribution >= 0.6 is 11.6 Å². The average molecular weight is 372 g/mol. The second kappa shape index (κ2) is 7.63. The number of anilines is 1. The molecule has 0 atom stereocenters. The van der Waals surface area contributed by atoms with Crippen LogP contribution in [0.2, 0.25) is 5.02 Å². The fourth-order valence-corrected chi connectivity index (χ4v) is 3.52. The van der Waals surface area contributed by atoms with Gasteiger partial charge in [-0.15, -0.1) is 0 Å². The Balaban J connectivity index is 2.45. The Morgan fingerprint density at radius 2 is 1.71 bits per heavy atom. The van der Waals surface area contributed by atoms with E-state index in [1.807, 2.05) is 0 Å². The first-order valence-corrected chi connectivity index (χ1v) is 8.86. The van der Waals surface area contributed by atoms with Crippen molar-refractivity contribution < 1.29 is 22.3 Å². The van der Waals surface area contributed by atoms with Crippen LogP contribution in [-0.2, 0) is 19.6 Å². The van der Waals surface area contributed by atoms with E-state index in [1.165, 1.54) is 24.3 Å². The number of carbonyl (C=O) groups is 1. The van der Waals surface area contributed by atoms with Gasteiger partial charge in [0.15, 0.2) is 0 Å². The third kappa shape index (κ3) is 4.24. The number of benzene rings is 2. The van der Waals surface area contributed by atoms with Gasteiger partial charge in [0, 0.05) is 5.02 Å². The highest BCUT2D eigenvalue weighted by Gasteiger charge is 2.27. The maximum atomic E-state index is 13.1. The molecule has 0 fully saturated rings. The predicted molar refractivity (Wildman–Crippen MR) is 89.0 cm³/mol. The summed E-state index contributed by atoms with van der Waals surface area (Å²) >= 11 is 5.82. The summed E-state index contributed by atoms with van der Waals surface area (Å²) < 4.78 is 44.5. The van der Waals surface area contributed by atoms with Gasteiger partial charge in [-0.3, -0.25) is 9.10 Å². The molecule has 0 heterocycles. The van der Waals surface area contributed by atoms with Crippen LogP contribution < -0.4 is 4.31 Å². The zero-order valence-electron chi connectivity index (χ0n) is 12.8. The van der Waals surface area contributed by atoms with E-state index in [4.69, 9.17) is 16.3 Å². The summed E-state index contributed by atoms with van der Waals surface area (Å²) in [5.41, 5.74) is 0.247. The first-order chi connectivity index (χ1) is 11.3. The summed E-state index contributed by atoms with van der Waals surface area (Å²) in [5, 5.41) is 0.425. The molecule has 2 aromatic rings. The molecule has 0 radical (unpaired) electrons. The van der Waals surface area contributed by atoms with Crippen LogP contribution in [0.25, 0.3) is 0 Å². The van der Waals surface area contributed by atoms with Gasteiger partial charge in [-0.25, -0.2) is 12.8 Å². The van der Waals surface area contributed by atoms with E-state index in [0.717, 1.165) is 28.6 Å². The second-order valence-electron chi connectivity index (χ2n) is 4.75. The standard InChI is InChI=1S/C16H15ClFNO4S/c1-2-23-16(20)11-19(14-7-3-12(17)4-8-14)24(21,22)15-9-5-13(18)6-10-15/h3-10H,2,11H2,1H3. The lowest BCUT2D eigenvalue weighted by Gasteiger charge is -2.23. The Morgan fingerprint density at radius 1 is 1.12 bits per heavy atom. The molecule has 0 aliphatic rings. The van der Waals surface area contributed by atoms with Crippen molar-refractivity contribution in [1.29, 1.82) is 0 Å². The molecule has 0 amide bonds. The van der Waals surface area contributed by atoms with Gasteiger partial charge >= 0.3 is 5.97 Å². The number of carbonyl (C=O) groups excluding carboxylic acids is 1. The van der Waals surface area contributed by atoms with E-state index in [2.05, 4.69) is 0 Å². The van der Waals surface area contributed by atoms with Gasteiger partial charge < -0.3 is 4.74 Å². The Bertz CT molecular complexity index is 807. The van der Waals surface area contributed by atoms with E-state index in [-0.39, 0.29) is 17.2 Å². The molecule has 0 aliphatic carbocycles. The minimum absolute atomic E-state index is 0.129. The summed E-state index contributed by atoms with van der Waals surface area (Å²) in [7, 11) is -4.07. The fourth-order valence-electron chi connectivity index (χ4n) is 1.98. The Kier molecular flexibility index (Phi) is 5.80. The van der Waals surface area contributed by atoms with E-state index >= 15 is 0 Å². The first kappa shape index (κ1) is 18.2. The van der Waals surface area contributed by atoms with Gasteiger partial charge in [0.05, 0.1) is 17.2 Å². The maximum Gasteiger partial charge on any atom is 0.326 e. The summed E-state index contributed by atoms with van der Waals surface area (Å²) in [6.45, 7) is 1.25. The molecule has 8 heteroatoms. The van der Waals surface area contributed by atoms with Crippen molar-refractivity contribution in [2.24, 2.45) is 0 Å². The van der Waals surface area contributed by atoms with Crippen LogP contribution in [-0.4, -0.2) is 27.5 Å². The summed E-state index contributed by atoms with van der Waals surface area (Å²) in [6, 6.07) is 10.3. The van der Waals surface area contributed by atoms with Gasteiger partial charge in [-0.1, -0.05) is 11.6 Å². The molecule has 24 heavy (non-hydrogen) atoms. The summed E-state index contributed by atoms with van der Waals surface area (Å²) in [5.74, 6) is -1.25. The summed E-state index contributed by atoms with van der Waals surface area (Å²) in [6.07, 6.45) is 0. The molecule has 0 bridgehead atoms. The van der Waals surface area contributed by atoms with Crippen LogP contribution in [0.15, 0.2) is 53.4 Å². The lowest BCUT2D eigenvalue weighted by atomic mass is 10.3. The lowest BCUT2D eigenvalue weighted by Crippen LogP contribution is -2.36. The Morgan fingerprint density at radius 3 is 2.25 bits per heavy atom. The van der Waals surface area contributed by atoms with Crippen molar-refractivity contribution in [2.75, 3.05) is 17.5 Å². The van der Waals surface area contributed by atoms with Gasteiger partial charge in [-0.2, -0.15) is 0 Å². The number of ether oxygens (including phenoxy) is 1. The SMILES string of the molecule is CCOC(=O)CN(c1ccc(Cl)cc1)S(=O)(=O)c1ccc(F)cc1. The van der Waals surface area contributed by atoms with Crippen LogP contribution in [0.3, 0.4) is 0 Å². The van der Waals surface area contributed by atoms with Crippen LogP contribution in [0.4, 0.5) is 10.1 Å². The molecule has 0 spiro atoms. The highest BCUT2D eigenvalue weighted by Crippen LogP contribution is 2.25. The minimum atomic E-state index is -4.07. The van der Waals surface area contributed by atoms with E-state index in [0.29, 0.717) is 5.02 Å². The fraction of sp³-hybridized carbons (Fsp3) is 0.188. The highest BCUT2D eigenvalue weighted by atomic mass is 35.5. The number of sulfonamides is 1. The molecule has 5 nitrogen and oxygen atoms in total. The van der Waals surface area contributed by atoms with Crippen molar-refractivity contribution in [3.05, 3.63) is 59.4 Å². The van der Waals surface area contributed by atoms with Crippen LogP contribution in [0.1, 0.15) is 6.92 Å². The number of hydrogen-bond donors (Lipinski definition) is 0.